The Balaban J connectivity index is 2.82. The zero-order valence-corrected chi connectivity index (χ0v) is 9.53. The Hall–Kier alpha value is -2.63. The van der Waals surface area contributed by atoms with Crippen LogP contribution in [0.4, 0.5) is 0 Å². The predicted molar refractivity (Wildman–Crippen MR) is 64.2 cm³/mol. The molecule has 1 heterocycles. The van der Waals surface area contributed by atoms with Gasteiger partial charge in [0.05, 0.1) is 5.69 Å². The first-order chi connectivity index (χ1) is 8.52. The van der Waals surface area contributed by atoms with E-state index in [0.29, 0.717) is 5.69 Å². The highest BCUT2D eigenvalue weighted by Gasteiger charge is 2.14. The fraction of sp³-hybridized carbons (Fsp3) is 0.0833. The Morgan fingerprint density at radius 2 is 1.78 bits per heavy atom. The molecule has 0 unspecified atom stereocenters. The maximum absolute atomic E-state index is 11.9. The molecule has 18 heavy (non-hydrogen) atoms. The minimum atomic E-state index is -1.36. The average molecular weight is 246 g/mol. The van der Waals surface area contributed by atoms with Gasteiger partial charge in [-0.2, -0.15) is 0 Å². The lowest BCUT2D eigenvalue weighted by molar-refractivity contribution is 0.0693. The molecule has 0 aliphatic carbocycles. The van der Waals surface area contributed by atoms with Gasteiger partial charge in [0.2, 0.25) is 0 Å². The van der Waals surface area contributed by atoms with Crippen molar-refractivity contribution in [1.29, 1.82) is 0 Å². The van der Waals surface area contributed by atoms with E-state index < -0.39 is 22.8 Å². The summed E-state index contributed by atoms with van der Waals surface area (Å²) in [4.78, 5) is 34.4. The SMILES string of the molecule is Cn1c(=O)c(C(=O)O)cn(-c2ccccc2)c1=O. The average Bonchev–Trinajstić information content (AvgIpc) is 2.37. The van der Waals surface area contributed by atoms with Crippen molar-refractivity contribution in [1.82, 2.24) is 9.13 Å². The molecule has 6 nitrogen and oxygen atoms in total. The van der Waals surface area contributed by atoms with Gasteiger partial charge in [-0.3, -0.25) is 13.9 Å². The first kappa shape index (κ1) is 11.8. The quantitative estimate of drug-likeness (QED) is 0.822. The lowest BCUT2D eigenvalue weighted by Gasteiger charge is -2.08. The summed E-state index contributed by atoms with van der Waals surface area (Å²) in [6.07, 6.45) is 1.04. The summed E-state index contributed by atoms with van der Waals surface area (Å²) in [6.45, 7) is 0. The standard InChI is InChI=1S/C12H10N2O4/c1-13-10(15)9(11(16)17)7-14(12(13)18)8-5-3-2-4-6-8/h2-7H,1H3,(H,16,17). The summed E-state index contributed by atoms with van der Waals surface area (Å²) in [5.41, 5.74) is -1.35. The number of carboxylic acid groups (broad SMARTS) is 1. The van der Waals surface area contributed by atoms with E-state index in [0.717, 1.165) is 15.3 Å². The van der Waals surface area contributed by atoms with Gasteiger partial charge in [0.15, 0.2) is 0 Å². The Kier molecular flexibility index (Phi) is 2.85. The second-order valence-electron chi connectivity index (χ2n) is 3.70. The van der Waals surface area contributed by atoms with E-state index in [2.05, 4.69) is 0 Å². The molecule has 0 spiro atoms. The van der Waals surface area contributed by atoms with E-state index in [1.807, 2.05) is 0 Å². The van der Waals surface area contributed by atoms with Crippen LogP contribution in [-0.2, 0) is 7.05 Å². The molecule has 0 radical (unpaired) electrons. The van der Waals surface area contributed by atoms with E-state index in [1.54, 1.807) is 30.3 Å². The molecule has 2 rings (SSSR count). The van der Waals surface area contributed by atoms with Crippen LogP contribution in [0.3, 0.4) is 0 Å². The molecule has 1 aromatic heterocycles. The van der Waals surface area contributed by atoms with Crippen LogP contribution in [0.25, 0.3) is 5.69 Å². The molecule has 1 N–H and O–H groups in total. The number of carbonyl (C=O) groups is 1. The molecule has 0 bridgehead atoms. The first-order valence-electron chi connectivity index (χ1n) is 5.14. The molecule has 0 aliphatic heterocycles. The number of rotatable bonds is 2. The second kappa shape index (κ2) is 4.33. The minimum Gasteiger partial charge on any atom is -0.477 e. The Bertz CT molecular complexity index is 713. The van der Waals surface area contributed by atoms with E-state index in [1.165, 1.54) is 7.05 Å². The fourth-order valence-electron chi connectivity index (χ4n) is 1.59. The molecular formula is C12H10N2O4. The molecule has 2 aromatic rings. The van der Waals surface area contributed by atoms with Crippen LogP contribution in [0.2, 0.25) is 0 Å². The highest BCUT2D eigenvalue weighted by molar-refractivity contribution is 5.86. The zero-order chi connectivity index (χ0) is 13.3. The van der Waals surface area contributed by atoms with Gasteiger partial charge in [0, 0.05) is 13.2 Å². The molecule has 0 atom stereocenters. The van der Waals surface area contributed by atoms with Crippen LogP contribution >= 0.6 is 0 Å². The molecule has 92 valence electrons. The van der Waals surface area contributed by atoms with Crippen molar-refractivity contribution >= 4 is 5.97 Å². The molecule has 0 saturated carbocycles. The number of carboxylic acids is 1. The molecule has 0 fully saturated rings. The number of para-hydroxylation sites is 1. The fourth-order valence-corrected chi connectivity index (χ4v) is 1.59. The van der Waals surface area contributed by atoms with Crippen molar-refractivity contribution in [3.8, 4) is 5.69 Å². The molecule has 1 aromatic carbocycles. The van der Waals surface area contributed by atoms with Gasteiger partial charge < -0.3 is 5.11 Å². The van der Waals surface area contributed by atoms with Crippen LogP contribution in [-0.4, -0.2) is 20.2 Å². The topological polar surface area (TPSA) is 81.3 Å². The van der Waals surface area contributed by atoms with Gasteiger partial charge in [-0.1, -0.05) is 18.2 Å². The third kappa shape index (κ3) is 1.84. The van der Waals surface area contributed by atoms with Crippen molar-refractivity contribution in [2.24, 2.45) is 7.05 Å². The molecule has 6 heteroatoms. The highest BCUT2D eigenvalue weighted by Crippen LogP contribution is 2.03. The van der Waals surface area contributed by atoms with Crippen LogP contribution in [0.1, 0.15) is 10.4 Å². The van der Waals surface area contributed by atoms with Crippen LogP contribution in [0.5, 0.6) is 0 Å². The smallest absolute Gasteiger partial charge is 0.342 e. The predicted octanol–water partition coefficient (Wildman–Crippen LogP) is 0.234. The summed E-state index contributed by atoms with van der Waals surface area (Å²) in [5, 5.41) is 8.92. The summed E-state index contributed by atoms with van der Waals surface area (Å²) in [6, 6.07) is 8.50. The maximum atomic E-state index is 11.9. The maximum Gasteiger partial charge on any atom is 0.342 e. The number of benzene rings is 1. The molecule has 0 aliphatic rings. The van der Waals surface area contributed by atoms with E-state index in [4.69, 9.17) is 5.11 Å². The molecular weight excluding hydrogens is 236 g/mol. The van der Waals surface area contributed by atoms with Crippen LogP contribution < -0.4 is 11.2 Å². The number of aromatic carboxylic acids is 1. The largest absolute Gasteiger partial charge is 0.477 e. The summed E-state index contributed by atoms with van der Waals surface area (Å²) in [5.74, 6) is -1.36. The third-order valence-electron chi connectivity index (χ3n) is 2.55. The number of hydrogen-bond donors (Lipinski definition) is 1. The third-order valence-corrected chi connectivity index (χ3v) is 2.55. The second-order valence-corrected chi connectivity index (χ2v) is 3.70. The monoisotopic (exact) mass is 246 g/mol. The van der Waals surface area contributed by atoms with Crippen molar-refractivity contribution in [2.75, 3.05) is 0 Å². The van der Waals surface area contributed by atoms with E-state index in [-0.39, 0.29) is 0 Å². The Labute approximate surface area is 101 Å². The van der Waals surface area contributed by atoms with E-state index in [9.17, 15) is 14.4 Å². The van der Waals surface area contributed by atoms with Gasteiger partial charge in [-0.05, 0) is 12.1 Å². The van der Waals surface area contributed by atoms with Gasteiger partial charge in [-0.25, -0.2) is 9.59 Å². The zero-order valence-electron chi connectivity index (χ0n) is 9.53. The van der Waals surface area contributed by atoms with E-state index >= 15 is 0 Å². The van der Waals surface area contributed by atoms with Gasteiger partial charge in [0.25, 0.3) is 5.56 Å². The van der Waals surface area contributed by atoms with Crippen LogP contribution in [0, 0.1) is 0 Å². The lowest BCUT2D eigenvalue weighted by atomic mass is 10.3. The molecule has 0 saturated heterocycles. The minimum absolute atomic E-state index is 0.444. The van der Waals surface area contributed by atoms with Crippen molar-refractivity contribution < 1.29 is 9.90 Å². The summed E-state index contributed by atoms with van der Waals surface area (Å²) >= 11 is 0. The number of aromatic nitrogens is 2. The number of hydrogen-bond acceptors (Lipinski definition) is 3. The van der Waals surface area contributed by atoms with Gasteiger partial charge >= 0.3 is 11.7 Å². The summed E-state index contributed by atoms with van der Waals surface area (Å²) in [7, 11) is 1.25. The van der Waals surface area contributed by atoms with Crippen molar-refractivity contribution in [3.63, 3.8) is 0 Å². The highest BCUT2D eigenvalue weighted by atomic mass is 16.4. The Morgan fingerprint density at radius 3 is 2.33 bits per heavy atom. The first-order valence-corrected chi connectivity index (χ1v) is 5.14. The number of nitrogens with zero attached hydrogens (tertiary/aromatic N) is 2. The molecule has 0 amide bonds. The van der Waals surface area contributed by atoms with Gasteiger partial charge in [0.1, 0.15) is 5.56 Å². The summed E-state index contributed by atoms with van der Waals surface area (Å²) < 4.78 is 1.90. The van der Waals surface area contributed by atoms with Gasteiger partial charge in [-0.15, -0.1) is 0 Å². The lowest BCUT2D eigenvalue weighted by Crippen LogP contribution is -2.40. The van der Waals surface area contributed by atoms with Crippen molar-refractivity contribution in [2.45, 2.75) is 0 Å². The van der Waals surface area contributed by atoms with Crippen LogP contribution in [0.15, 0.2) is 46.1 Å². The Morgan fingerprint density at radius 1 is 1.17 bits per heavy atom. The van der Waals surface area contributed by atoms with Crippen molar-refractivity contribution in [3.05, 3.63) is 62.9 Å². The normalized spacial score (nSPS) is 10.3.